The molecule has 2 fully saturated rings. The molecule has 0 unspecified atom stereocenters. The van der Waals surface area contributed by atoms with Crippen molar-refractivity contribution in [1.29, 1.82) is 0 Å². The topological polar surface area (TPSA) is 364 Å². The minimum Gasteiger partial charge on any atom is -0.469 e. The van der Waals surface area contributed by atoms with Gasteiger partial charge in [0.25, 0.3) is 0 Å². The van der Waals surface area contributed by atoms with E-state index in [-0.39, 0.29) is 38.0 Å². The van der Waals surface area contributed by atoms with Crippen molar-refractivity contribution in [1.82, 2.24) is 5.32 Å². The van der Waals surface area contributed by atoms with Crippen LogP contribution in [0.4, 0.5) is 0 Å². The Morgan fingerprint density at radius 1 is 0.730 bits per heavy atom. The van der Waals surface area contributed by atoms with E-state index in [1.54, 1.807) is 86.8 Å². The molecule has 3 rings (SSSR count). The third-order valence-electron chi connectivity index (χ3n) is 13.5. The van der Waals surface area contributed by atoms with Gasteiger partial charge in [-0.3, -0.25) is 14.4 Å². The lowest BCUT2D eigenvalue weighted by Crippen LogP contribution is -2.65. The number of ether oxygens (including phenoxy) is 5. The number of methoxy groups -OCH3 is 1. The summed E-state index contributed by atoms with van der Waals surface area (Å²) in [6, 6.07) is -2.30. The molecular formula is C53H85N3O18. The fraction of sp³-hybridized carbons (Fsp3) is 0.679. The van der Waals surface area contributed by atoms with Crippen molar-refractivity contribution < 1.29 is 89.1 Å². The SMILES string of the molecule is COC(=O)[C@H]1[C@@H]2C[C@@H](O[C@@H]3O[C@H](C)[C@@H](O)[C@H](NC(=O)[C@@H](N)CCCN)[C@@H]3O)/C=C/C=C/C=C/C=C/C=C/C=C/C=C/[C@H](C)[C@@H](O)[C@@H](C)[C@H](C)OC(=O)C[C@H](O)C[C@H](O)CC[C@@H](O)[C@H](O)C[C@H](O)C[C@](O)(C[C@@H]1O)O2. The van der Waals surface area contributed by atoms with Gasteiger partial charge in [0, 0.05) is 37.5 Å². The van der Waals surface area contributed by atoms with Gasteiger partial charge in [-0.1, -0.05) is 98.9 Å². The van der Waals surface area contributed by atoms with E-state index in [1.165, 1.54) is 13.0 Å². The number of cyclic esters (lactones) is 1. The minimum atomic E-state index is -2.33. The Morgan fingerprint density at radius 2 is 1.32 bits per heavy atom. The molecular weight excluding hydrogens is 967 g/mol. The number of amides is 1. The second-order valence-corrected chi connectivity index (χ2v) is 19.7. The third kappa shape index (κ3) is 21.5. The number of hydrogen-bond donors (Lipinski definition) is 13. The summed E-state index contributed by atoms with van der Waals surface area (Å²) in [4.78, 5) is 38.9. The van der Waals surface area contributed by atoms with Crippen molar-refractivity contribution >= 4 is 17.8 Å². The number of aliphatic hydroxyl groups is 10. The van der Waals surface area contributed by atoms with E-state index in [4.69, 9.17) is 35.2 Å². The largest absolute Gasteiger partial charge is 0.469 e. The lowest BCUT2D eigenvalue weighted by Gasteiger charge is -2.46. The fourth-order valence-corrected chi connectivity index (χ4v) is 8.97. The van der Waals surface area contributed by atoms with Crippen LogP contribution >= 0.6 is 0 Å². The molecule has 0 aliphatic carbocycles. The van der Waals surface area contributed by atoms with Gasteiger partial charge in [-0.2, -0.15) is 0 Å². The Labute approximate surface area is 434 Å². The zero-order valence-corrected chi connectivity index (χ0v) is 43.2. The van der Waals surface area contributed by atoms with Crippen LogP contribution in [0, 0.1) is 17.8 Å². The second-order valence-electron chi connectivity index (χ2n) is 19.7. The number of carbonyl (C=O) groups is 3. The molecule has 0 spiro atoms. The highest BCUT2D eigenvalue weighted by Crippen LogP contribution is 2.38. The monoisotopic (exact) mass is 1050 g/mol. The van der Waals surface area contributed by atoms with Gasteiger partial charge in [0.2, 0.25) is 5.91 Å². The second kappa shape index (κ2) is 32.5. The molecule has 0 aromatic rings. The number of esters is 2. The number of fused-ring (bicyclic) bond motifs is 2. The quantitative estimate of drug-likeness (QED) is 0.143. The highest BCUT2D eigenvalue weighted by molar-refractivity contribution is 5.81. The maximum atomic E-state index is 13.2. The summed E-state index contributed by atoms with van der Waals surface area (Å²) in [5, 5.41) is 113. The molecule has 21 nitrogen and oxygen atoms in total. The molecule has 2 bridgehead atoms. The van der Waals surface area contributed by atoms with E-state index in [9.17, 15) is 65.4 Å². The van der Waals surface area contributed by atoms with Crippen LogP contribution in [0.1, 0.15) is 91.9 Å². The van der Waals surface area contributed by atoms with Crippen molar-refractivity contribution in [3.05, 3.63) is 85.1 Å². The Balaban J connectivity index is 1.94. The standard InChI is InChI=1S/C53H85N3O18/c1-31-19-16-14-12-10-8-6-7-9-11-13-15-17-20-38(73-52-49(66)46(48(65)34(4)72-52)56-50(67)39(55)21-18-24-54)28-43-45(51(68)70-5)42(62)30-53(69,74-43)29-37(59)26-41(61)40(60)23-22-35(57)25-36(58)27-44(63)71-33(3)32(2)47(31)64/h6-17,19-20,31-43,45-49,52,57-62,64-66,69H,18,21-30,54-55H2,1-5H3,(H,56,67)/b7-6+,10-8+,11-9+,14-12+,15-13+,19-16+,20-17+/t31-,32-,33-,34+,35+,36+,37-,38-,39-,40+,41+,42-,43-,45+,46-,47+,48+,49-,52-,53+/m0/s1. The number of hydrogen-bond acceptors (Lipinski definition) is 20. The number of aliphatic hydroxyl groups excluding tert-OH is 9. The van der Waals surface area contributed by atoms with Crippen molar-refractivity contribution in [2.24, 2.45) is 29.2 Å². The van der Waals surface area contributed by atoms with Crippen LogP contribution in [0.25, 0.3) is 0 Å². The molecule has 2 saturated heterocycles. The summed E-state index contributed by atoms with van der Waals surface area (Å²) in [6.45, 7) is 7.01. The minimum absolute atomic E-state index is 0.116. The zero-order valence-electron chi connectivity index (χ0n) is 43.2. The van der Waals surface area contributed by atoms with Crippen molar-refractivity contribution in [2.45, 2.75) is 195 Å². The molecule has 3 heterocycles. The molecule has 420 valence electrons. The molecule has 0 aromatic heterocycles. The van der Waals surface area contributed by atoms with Crippen LogP contribution in [0.5, 0.6) is 0 Å². The highest BCUT2D eigenvalue weighted by Gasteiger charge is 2.51. The van der Waals surface area contributed by atoms with Crippen molar-refractivity contribution in [3.8, 4) is 0 Å². The van der Waals surface area contributed by atoms with E-state index >= 15 is 0 Å². The van der Waals surface area contributed by atoms with Crippen LogP contribution in [0.3, 0.4) is 0 Å². The van der Waals surface area contributed by atoms with Crippen molar-refractivity contribution in [2.75, 3.05) is 13.7 Å². The predicted molar refractivity (Wildman–Crippen MR) is 272 cm³/mol. The van der Waals surface area contributed by atoms with Crippen LogP contribution < -0.4 is 16.8 Å². The molecule has 1 amide bonds. The number of nitrogens with two attached hydrogens (primary N) is 2. The van der Waals surface area contributed by atoms with Gasteiger partial charge in [-0.25, -0.2) is 0 Å². The molecule has 0 saturated carbocycles. The Hall–Kier alpha value is -4.01. The molecule has 0 radical (unpaired) electrons. The molecule has 15 N–H and O–H groups in total. The summed E-state index contributed by atoms with van der Waals surface area (Å²) < 4.78 is 28.8. The van der Waals surface area contributed by atoms with Crippen LogP contribution in [-0.4, -0.2) is 186 Å². The van der Waals surface area contributed by atoms with Gasteiger partial charge in [-0.15, -0.1) is 0 Å². The maximum Gasteiger partial charge on any atom is 0.313 e. The van der Waals surface area contributed by atoms with Gasteiger partial charge in [0.15, 0.2) is 12.1 Å². The van der Waals surface area contributed by atoms with Crippen LogP contribution in [0.15, 0.2) is 85.1 Å². The number of carbonyl (C=O) groups excluding carboxylic acids is 3. The maximum absolute atomic E-state index is 13.2. The summed E-state index contributed by atoms with van der Waals surface area (Å²) >= 11 is 0. The van der Waals surface area contributed by atoms with Gasteiger partial charge in [-0.05, 0) is 52.5 Å². The Morgan fingerprint density at radius 3 is 1.92 bits per heavy atom. The molecule has 3 aliphatic heterocycles. The number of nitrogens with one attached hydrogen (secondary N) is 1. The van der Waals surface area contributed by atoms with E-state index in [0.717, 1.165) is 7.11 Å². The van der Waals surface area contributed by atoms with Gasteiger partial charge >= 0.3 is 11.9 Å². The third-order valence-corrected chi connectivity index (χ3v) is 13.5. The lowest BCUT2D eigenvalue weighted by molar-refractivity contribution is -0.309. The average Bonchev–Trinajstić information content (AvgIpc) is 3.33. The first-order chi connectivity index (χ1) is 35.0. The summed E-state index contributed by atoms with van der Waals surface area (Å²) in [5.41, 5.74) is 11.6. The number of allylic oxidation sites excluding steroid dienone is 12. The average molecular weight is 1050 g/mol. The zero-order chi connectivity index (χ0) is 55.1. The van der Waals surface area contributed by atoms with Gasteiger partial charge in [0.1, 0.15) is 24.2 Å². The van der Waals surface area contributed by atoms with Gasteiger partial charge < -0.3 is 91.5 Å². The molecule has 74 heavy (non-hydrogen) atoms. The van der Waals surface area contributed by atoms with E-state index in [0.29, 0.717) is 13.0 Å². The smallest absolute Gasteiger partial charge is 0.313 e. The first kappa shape index (κ1) is 64.3. The lowest BCUT2D eigenvalue weighted by atomic mass is 9.82. The molecule has 21 heteroatoms. The normalized spacial score (nSPS) is 41.7. The number of rotatable bonds is 8. The Kier molecular flexibility index (Phi) is 28.3. The first-order valence-electron chi connectivity index (χ1n) is 25.6. The highest BCUT2D eigenvalue weighted by atomic mass is 16.7. The fourth-order valence-electron chi connectivity index (χ4n) is 8.97. The first-order valence-corrected chi connectivity index (χ1v) is 25.6. The predicted octanol–water partition coefficient (Wildman–Crippen LogP) is 0.0238. The molecule has 3 aliphatic rings. The molecule has 20 atom stereocenters. The van der Waals surface area contributed by atoms with Crippen molar-refractivity contribution in [3.63, 3.8) is 0 Å². The summed E-state index contributed by atoms with van der Waals surface area (Å²) in [5.74, 6) is -6.79. The van der Waals surface area contributed by atoms with Crippen LogP contribution in [-0.2, 0) is 38.1 Å². The molecule has 0 aromatic carbocycles. The summed E-state index contributed by atoms with van der Waals surface area (Å²) in [6.07, 6.45) is 3.53. The van der Waals surface area contributed by atoms with Crippen LogP contribution in [0.2, 0.25) is 0 Å². The summed E-state index contributed by atoms with van der Waals surface area (Å²) in [7, 11) is 1.10. The Bertz CT molecular complexity index is 1910. The van der Waals surface area contributed by atoms with E-state index in [1.807, 2.05) is 13.0 Å². The van der Waals surface area contributed by atoms with E-state index in [2.05, 4.69) is 5.32 Å². The van der Waals surface area contributed by atoms with E-state index < -0.39 is 159 Å². The van der Waals surface area contributed by atoms with Gasteiger partial charge in [0.05, 0.1) is 86.7 Å².